The van der Waals surface area contributed by atoms with Crippen LogP contribution in [0.1, 0.15) is 17.3 Å². The van der Waals surface area contributed by atoms with Crippen LogP contribution in [-0.2, 0) is 4.79 Å². The van der Waals surface area contributed by atoms with Crippen LogP contribution in [0.3, 0.4) is 0 Å². The van der Waals surface area contributed by atoms with Gasteiger partial charge in [-0.25, -0.2) is 4.79 Å². The fourth-order valence-corrected chi connectivity index (χ4v) is 1.22. The van der Waals surface area contributed by atoms with Crippen molar-refractivity contribution >= 4 is 29.2 Å². The lowest BCUT2D eigenvalue weighted by Gasteiger charge is -2.10. The topological polar surface area (TPSA) is 92.4 Å². The van der Waals surface area contributed by atoms with Gasteiger partial charge < -0.3 is 16.2 Å². The largest absolute Gasteiger partial charge is 0.478 e. The molecule has 0 bridgehead atoms. The second kappa shape index (κ2) is 4.96. The first-order chi connectivity index (χ1) is 7.41. The molecule has 0 radical (unpaired) electrons. The number of carboxylic acids is 1. The minimum absolute atomic E-state index is 0.0681. The Hall–Kier alpha value is -1.59. The molecule has 1 rings (SSSR count). The smallest absolute Gasteiger partial charge is 0.337 e. The van der Waals surface area contributed by atoms with E-state index in [-0.39, 0.29) is 16.3 Å². The molecule has 1 atom stereocenters. The number of halogens is 1. The van der Waals surface area contributed by atoms with E-state index < -0.39 is 17.9 Å². The predicted octanol–water partition coefficient (Wildman–Crippen LogP) is 1.32. The molecule has 1 unspecified atom stereocenters. The summed E-state index contributed by atoms with van der Waals surface area (Å²) in [4.78, 5) is 22.2. The molecule has 0 fully saturated rings. The zero-order valence-corrected chi connectivity index (χ0v) is 9.28. The fraction of sp³-hybridized carbons (Fsp3) is 0.200. The number of amides is 1. The number of nitrogens with two attached hydrogens (primary N) is 1. The highest BCUT2D eigenvalue weighted by atomic mass is 35.5. The summed E-state index contributed by atoms with van der Waals surface area (Å²) >= 11 is 5.66. The third kappa shape index (κ3) is 2.95. The Bertz CT molecular complexity index is 432. The first-order valence-electron chi connectivity index (χ1n) is 4.51. The van der Waals surface area contributed by atoms with Gasteiger partial charge in [-0.05, 0) is 25.1 Å². The molecule has 1 aromatic rings. The Balaban J connectivity index is 3.04. The number of nitrogens with one attached hydrogen (secondary N) is 1. The molecule has 0 saturated carbocycles. The molecule has 0 aliphatic carbocycles. The fourth-order valence-electron chi connectivity index (χ4n) is 1.05. The lowest BCUT2D eigenvalue weighted by atomic mass is 10.1. The standard InChI is InChI=1S/C10H11ClN2O3/c1-5(12)9(14)13-8-3-2-6(11)4-7(8)10(15)16/h2-5H,12H2,1H3,(H,13,14)(H,15,16). The van der Waals surface area contributed by atoms with Gasteiger partial charge in [-0.1, -0.05) is 11.6 Å². The maximum atomic E-state index is 11.3. The Labute approximate surface area is 97.2 Å². The molecule has 0 saturated heterocycles. The molecule has 1 amide bonds. The Morgan fingerprint density at radius 2 is 2.12 bits per heavy atom. The van der Waals surface area contributed by atoms with Crippen LogP contribution in [0.15, 0.2) is 18.2 Å². The first kappa shape index (κ1) is 12.5. The van der Waals surface area contributed by atoms with Crippen molar-refractivity contribution in [2.75, 3.05) is 5.32 Å². The summed E-state index contributed by atoms with van der Waals surface area (Å²) in [5, 5.41) is 11.6. The normalized spacial score (nSPS) is 11.9. The summed E-state index contributed by atoms with van der Waals surface area (Å²) in [5.74, 6) is -1.62. The van der Waals surface area contributed by atoms with Crippen LogP contribution >= 0.6 is 11.6 Å². The molecule has 0 spiro atoms. The molecule has 0 aliphatic heterocycles. The van der Waals surface area contributed by atoms with Crippen molar-refractivity contribution in [3.05, 3.63) is 28.8 Å². The van der Waals surface area contributed by atoms with Gasteiger partial charge in [0.15, 0.2) is 0 Å². The number of benzene rings is 1. The number of hydrogen-bond donors (Lipinski definition) is 3. The van der Waals surface area contributed by atoms with E-state index in [0.717, 1.165) is 0 Å². The SMILES string of the molecule is CC(N)C(=O)Nc1ccc(Cl)cc1C(=O)O. The van der Waals surface area contributed by atoms with Gasteiger partial charge in [-0.15, -0.1) is 0 Å². The summed E-state index contributed by atoms with van der Waals surface area (Å²) in [6.07, 6.45) is 0. The van der Waals surface area contributed by atoms with Gasteiger partial charge in [0.05, 0.1) is 17.3 Å². The molecule has 5 nitrogen and oxygen atoms in total. The average Bonchev–Trinajstić information content (AvgIpc) is 2.20. The van der Waals surface area contributed by atoms with Crippen LogP contribution < -0.4 is 11.1 Å². The predicted molar refractivity (Wildman–Crippen MR) is 60.7 cm³/mol. The van der Waals surface area contributed by atoms with Crippen molar-refractivity contribution < 1.29 is 14.7 Å². The minimum atomic E-state index is -1.16. The Kier molecular flexibility index (Phi) is 3.87. The molecule has 1 aromatic carbocycles. The summed E-state index contributed by atoms with van der Waals surface area (Å²) < 4.78 is 0. The number of carbonyl (C=O) groups is 2. The number of carboxylic acid groups (broad SMARTS) is 1. The van der Waals surface area contributed by atoms with E-state index in [1.807, 2.05) is 0 Å². The van der Waals surface area contributed by atoms with E-state index >= 15 is 0 Å². The number of carbonyl (C=O) groups excluding carboxylic acids is 1. The van der Waals surface area contributed by atoms with E-state index in [1.165, 1.54) is 25.1 Å². The average molecular weight is 243 g/mol. The summed E-state index contributed by atoms with van der Waals surface area (Å²) in [7, 11) is 0. The Morgan fingerprint density at radius 1 is 1.50 bits per heavy atom. The quantitative estimate of drug-likeness (QED) is 0.745. The van der Waals surface area contributed by atoms with Crippen molar-refractivity contribution in [3.63, 3.8) is 0 Å². The van der Waals surface area contributed by atoms with Gasteiger partial charge in [0, 0.05) is 5.02 Å². The molecular weight excluding hydrogens is 232 g/mol. The number of anilines is 1. The highest BCUT2D eigenvalue weighted by Gasteiger charge is 2.14. The summed E-state index contributed by atoms with van der Waals surface area (Å²) in [6, 6.07) is 3.47. The van der Waals surface area contributed by atoms with E-state index in [2.05, 4.69) is 5.32 Å². The third-order valence-electron chi connectivity index (χ3n) is 1.88. The minimum Gasteiger partial charge on any atom is -0.478 e. The first-order valence-corrected chi connectivity index (χ1v) is 4.89. The monoisotopic (exact) mass is 242 g/mol. The number of aromatic carboxylic acids is 1. The van der Waals surface area contributed by atoms with Crippen LogP contribution in [0.25, 0.3) is 0 Å². The second-order valence-corrected chi connectivity index (χ2v) is 3.71. The molecular formula is C10H11ClN2O3. The zero-order chi connectivity index (χ0) is 12.3. The number of rotatable bonds is 3. The maximum absolute atomic E-state index is 11.3. The number of hydrogen-bond acceptors (Lipinski definition) is 3. The third-order valence-corrected chi connectivity index (χ3v) is 2.12. The van der Waals surface area contributed by atoms with E-state index in [0.29, 0.717) is 0 Å². The molecule has 16 heavy (non-hydrogen) atoms. The van der Waals surface area contributed by atoms with Gasteiger partial charge in [0.1, 0.15) is 0 Å². The zero-order valence-electron chi connectivity index (χ0n) is 8.53. The van der Waals surface area contributed by atoms with E-state index in [4.69, 9.17) is 22.4 Å². The van der Waals surface area contributed by atoms with Crippen molar-refractivity contribution in [3.8, 4) is 0 Å². The van der Waals surface area contributed by atoms with Gasteiger partial charge in [0.2, 0.25) is 5.91 Å². The lowest BCUT2D eigenvalue weighted by Crippen LogP contribution is -2.33. The van der Waals surface area contributed by atoms with Gasteiger partial charge >= 0.3 is 5.97 Å². The molecule has 0 heterocycles. The summed E-state index contributed by atoms with van der Waals surface area (Å²) in [5.41, 5.74) is 5.47. The van der Waals surface area contributed by atoms with Crippen LogP contribution in [0, 0.1) is 0 Å². The van der Waals surface area contributed by atoms with E-state index in [1.54, 1.807) is 0 Å². The molecule has 0 aromatic heterocycles. The molecule has 6 heteroatoms. The molecule has 86 valence electrons. The van der Waals surface area contributed by atoms with Crippen molar-refractivity contribution in [2.45, 2.75) is 13.0 Å². The van der Waals surface area contributed by atoms with Crippen LogP contribution in [-0.4, -0.2) is 23.0 Å². The highest BCUT2D eigenvalue weighted by molar-refractivity contribution is 6.31. The highest BCUT2D eigenvalue weighted by Crippen LogP contribution is 2.20. The second-order valence-electron chi connectivity index (χ2n) is 3.27. The van der Waals surface area contributed by atoms with Crippen LogP contribution in [0.4, 0.5) is 5.69 Å². The lowest BCUT2D eigenvalue weighted by molar-refractivity contribution is -0.117. The molecule has 4 N–H and O–H groups in total. The van der Waals surface area contributed by atoms with E-state index in [9.17, 15) is 9.59 Å². The van der Waals surface area contributed by atoms with Crippen LogP contribution in [0.5, 0.6) is 0 Å². The Morgan fingerprint density at radius 3 is 2.62 bits per heavy atom. The van der Waals surface area contributed by atoms with Crippen molar-refractivity contribution in [1.29, 1.82) is 0 Å². The summed E-state index contributed by atoms with van der Waals surface area (Å²) in [6.45, 7) is 1.51. The van der Waals surface area contributed by atoms with Gasteiger partial charge in [-0.3, -0.25) is 4.79 Å². The van der Waals surface area contributed by atoms with Gasteiger partial charge in [-0.2, -0.15) is 0 Å². The van der Waals surface area contributed by atoms with Crippen molar-refractivity contribution in [2.24, 2.45) is 5.73 Å². The van der Waals surface area contributed by atoms with Gasteiger partial charge in [0.25, 0.3) is 0 Å². The van der Waals surface area contributed by atoms with Crippen LogP contribution in [0.2, 0.25) is 5.02 Å². The van der Waals surface area contributed by atoms with Crippen molar-refractivity contribution in [1.82, 2.24) is 0 Å². The molecule has 0 aliphatic rings. The maximum Gasteiger partial charge on any atom is 0.337 e.